The molecule has 66 valence electrons. The first-order valence-corrected chi connectivity index (χ1v) is 2.87. The van der Waals surface area contributed by atoms with Crippen LogP contribution < -0.4 is 5.73 Å². The van der Waals surface area contributed by atoms with Crippen molar-refractivity contribution >= 4 is 18.4 Å². The van der Waals surface area contributed by atoms with Crippen LogP contribution in [0, 0.1) is 0 Å². The Morgan fingerprint density at radius 1 is 1.73 bits per heavy atom. The van der Waals surface area contributed by atoms with Gasteiger partial charge in [-0.05, 0) is 6.42 Å². The molecule has 0 bridgehead atoms. The number of carboxylic acid groups (broad SMARTS) is 1. The predicted molar refractivity (Wildman–Crippen MR) is 43.7 cm³/mol. The number of aliphatic carboxylic acids is 1. The number of nitrogens with two attached hydrogens (primary N) is 1. The molecule has 0 radical (unpaired) electrons. The number of aliphatic hydroxyl groups is 1. The fourth-order valence-electron chi connectivity index (χ4n) is 0.482. The average molecular weight is 182 g/mol. The topological polar surface area (TPSA) is 83.5 Å². The lowest BCUT2D eigenvalue weighted by atomic mass is 10.1. The molecule has 2 unspecified atom stereocenters. The number of hydrogen-bond acceptors (Lipinski definition) is 3. The summed E-state index contributed by atoms with van der Waals surface area (Å²) in [5.41, 5.74) is 5.05. The van der Waals surface area contributed by atoms with Gasteiger partial charge in [0.25, 0.3) is 0 Å². The number of aliphatic hydroxyl groups excluding tert-OH is 1. The van der Waals surface area contributed by atoms with Gasteiger partial charge in [-0.25, -0.2) is 0 Å². The van der Waals surface area contributed by atoms with E-state index >= 15 is 0 Å². The molecule has 0 amide bonds. The standard InChI is InChI=1S/C6H11NO3.ClH/c1-2-3-4(8)5(7)6(9)10;/h2,4-5,8H,1,3,7H2,(H,9,10);1H. The molecule has 4 N–H and O–H groups in total. The van der Waals surface area contributed by atoms with Gasteiger partial charge in [0, 0.05) is 0 Å². The minimum absolute atomic E-state index is 0. The van der Waals surface area contributed by atoms with E-state index in [-0.39, 0.29) is 18.8 Å². The predicted octanol–water partition coefficient (Wildman–Crippen LogP) is -0.243. The number of hydrogen-bond donors (Lipinski definition) is 3. The Morgan fingerprint density at radius 3 is 2.45 bits per heavy atom. The number of carboxylic acids is 1. The second-order valence-corrected chi connectivity index (χ2v) is 1.96. The van der Waals surface area contributed by atoms with E-state index in [2.05, 4.69) is 6.58 Å². The summed E-state index contributed by atoms with van der Waals surface area (Å²) in [6.07, 6.45) is 0.594. The summed E-state index contributed by atoms with van der Waals surface area (Å²) in [7, 11) is 0. The molecule has 0 spiro atoms. The zero-order valence-electron chi connectivity index (χ0n) is 5.93. The van der Waals surface area contributed by atoms with E-state index < -0.39 is 18.1 Å². The normalized spacial score (nSPS) is 14.4. The molecule has 0 aliphatic rings. The van der Waals surface area contributed by atoms with Gasteiger partial charge in [-0.15, -0.1) is 19.0 Å². The van der Waals surface area contributed by atoms with Gasteiger partial charge in [0.1, 0.15) is 6.04 Å². The summed E-state index contributed by atoms with van der Waals surface area (Å²) < 4.78 is 0. The van der Waals surface area contributed by atoms with Crippen LogP contribution in [0.3, 0.4) is 0 Å². The summed E-state index contributed by atoms with van der Waals surface area (Å²) in [6.45, 7) is 3.33. The SMILES string of the molecule is C=CCC(O)C(N)C(=O)O.Cl. The third-order valence-corrected chi connectivity index (χ3v) is 1.11. The molecule has 0 saturated heterocycles. The van der Waals surface area contributed by atoms with Crippen molar-refractivity contribution in [2.45, 2.75) is 18.6 Å². The highest BCUT2D eigenvalue weighted by atomic mass is 35.5. The maximum atomic E-state index is 10.1. The first kappa shape index (κ1) is 13.0. The summed E-state index contributed by atoms with van der Waals surface area (Å²) in [5, 5.41) is 17.2. The van der Waals surface area contributed by atoms with Crippen molar-refractivity contribution in [2.75, 3.05) is 0 Å². The summed E-state index contributed by atoms with van der Waals surface area (Å²) in [4.78, 5) is 10.1. The fraction of sp³-hybridized carbons (Fsp3) is 0.500. The Hall–Kier alpha value is -0.580. The van der Waals surface area contributed by atoms with Gasteiger partial charge < -0.3 is 15.9 Å². The lowest BCUT2D eigenvalue weighted by Crippen LogP contribution is -2.41. The van der Waals surface area contributed by atoms with Crippen molar-refractivity contribution in [3.8, 4) is 0 Å². The molecule has 0 aromatic carbocycles. The van der Waals surface area contributed by atoms with Crippen LogP contribution in [-0.4, -0.2) is 28.3 Å². The van der Waals surface area contributed by atoms with Crippen LogP contribution in [0.2, 0.25) is 0 Å². The van der Waals surface area contributed by atoms with Crippen LogP contribution >= 0.6 is 12.4 Å². The monoisotopic (exact) mass is 181 g/mol. The van der Waals surface area contributed by atoms with Gasteiger partial charge >= 0.3 is 5.97 Å². The van der Waals surface area contributed by atoms with E-state index in [9.17, 15) is 4.79 Å². The minimum atomic E-state index is -1.21. The molecular formula is C6H12ClNO3. The van der Waals surface area contributed by atoms with Crippen LogP contribution in [0.4, 0.5) is 0 Å². The molecule has 4 nitrogen and oxygen atoms in total. The minimum Gasteiger partial charge on any atom is -0.480 e. The Morgan fingerprint density at radius 2 is 2.18 bits per heavy atom. The fourth-order valence-corrected chi connectivity index (χ4v) is 0.482. The number of halogens is 1. The van der Waals surface area contributed by atoms with Crippen LogP contribution in [0.25, 0.3) is 0 Å². The average Bonchev–Trinajstić information content (AvgIpc) is 1.87. The van der Waals surface area contributed by atoms with Gasteiger partial charge in [-0.2, -0.15) is 0 Å². The smallest absolute Gasteiger partial charge is 0.323 e. The second kappa shape index (κ2) is 6.15. The summed E-state index contributed by atoms with van der Waals surface area (Å²) in [5.74, 6) is -1.20. The lowest BCUT2D eigenvalue weighted by Gasteiger charge is -2.11. The molecule has 0 aliphatic carbocycles. The number of rotatable bonds is 4. The highest BCUT2D eigenvalue weighted by Gasteiger charge is 2.19. The van der Waals surface area contributed by atoms with E-state index in [4.69, 9.17) is 15.9 Å². The van der Waals surface area contributed by atoms with Gasteiger partial charge in [-0.3, -0.25) is 4.79 Å². The molecule has 0 saturated carbocycles. The van der Waals surface area contributed by atoms with Gasteiger partial charge in [0.15, 0.2) is 0 Å². The van der Waals surface area contributed by atoms with Crippen LogP contribution in [0.1, 0.15) is 6.42 Å². The van der Waals surface area contributed by atoms with Crippen molar-refractivity contribution in [1.82, 2.24) is 0 Å². The highest BCUT2D eigenvalue weighted by molar-refractivity contribution is 5.85. The van der Waals surface area contributed by atoms with Crippen LogP contribution in [0.15, 0.2) is 12.7 Å². The van der Waals surface area contributed by atoms with Crippen molar-refractivity contribution in [1.29, 1.82) is 0 Å². The Labute approximate surface area is 71.1 Å². The molecular weight excluding hydrogens is 170 g/mol. The molecule has 0 rings (SSSR count). The molecule has 2 atom stereocenters. The second-order valence-electron chi connectivity index (χ2n) is 1.96. The Bertz CT molecular complexity index is 140. The van der Waals surface area contributed by atoms with Crippen LogP contribution in [0.5, 0.6) is 0 Å². The first-order valence-electron chi connectivity index (χ1n) is 2.87. The highest BCUT2D eigenvalue weighted by Crippen LogP contribution is 1.96. The van der Waals surface area contributed by atoms with Gasteiger partial charge in [-0.1, -0.05) is 6.08 Å². The van der Waals surface area contributed by atoms with Crippen LogP contribution in [-0.2, 0) is 4.79 Å². The molecule has 0 aromatic rings. The zero-order chi connectivity index (χ0) is 8.15. The molecule has 0 heterocycles. The van der Waals surface area contributed by atoms with E-state index in [1.807, 2.05) is 0 Å². The van der Waals surface area contributed by atoms with Crippen molar-refractivity contribution < 1.29 is 15.0 Å². The van der Waals surface area contributed by atoms with E-state index in [1.54, 1.807) is 0 Å². The molecule has 0 fully saturated rings. The third kappa shape index (κ3) is 4.78. The molecule has 5 heteroatoms. The summed E-state index contributed by atoms with van der Waals surface area (Å²) in [6, 6.07) is -1.21. The van der Waals surface area contributed by atoms with E-state index in [0.717, 1.165) is 0 Å². The molecule has 0 aromatic heterocycles. The van der Waals surface area contributed by atoms with E-state index in [1.165, 1.54) is 6.08 Å². The van der Waals surface area contributed by atoms with Crippen molar-refractivity contribution in [3.05, 3.63) is 12.7 Å². The maximum absolute atomic E-state index is 10.1. The van der Waals surface area contributed by atoms with Crippen molar-refractivity contribution in [3.63, 3.8) is 0 Å². The quantitative estimate of drug-likeness (QED) is 0.523. The number of carbonyl (C=O) groups is 1. The maximum Gasteiger partial charge on any atom is 0.323 e. The lowest BCUT2D eigenvalue weighted by molar-refractivity contribution is -0.141. The van der Waals surface area contributed by atoms with Crippen molar-refractivity contribution in [2.24, 2.45) is 5.73 Å². The Balaban J connectivity index is 0. The zero-order valence-corrected chi connectivity index (χ0v) is 6.75. The molecule has 0 aliphatic heterocycles. The Kier molecular flexibility index (Phi) is 7.29. The first-order chi connectivity index (χ1) is 4.59. The third-order valence-electron chi connectivity index (χ3n) is 1.11. The van der Waals surface area contributed by atoms with Gasteiger partial charge in [0.2, 0.25) is 0 Å². The summed E-state index contributed by atoms with van der Waals surface area (Å²) >= 11 is 0. The van der Waals surface area contributed by atoms with E-state index in [0.29, 0.717) is 0 Å². The molecule has 11 heavy (non-hydrogen) atoms. The largest absolute Gasteiger partial charge is 0.480 e. The van der Waals surface area contributed by atoms with Gasteiger partial charge in [0.05, 0.1) is 6.10 Å².